The molecule has 0 spiro atoms. The van der Waals surface area contributed by atoms with E-state index in [1.165, 1.54) is 0 Å². The fourth-order valence-electron chi connectivity index (χ4n) is 0.847. The summed E-state index contributed by atoms with van der Waals surface area (Å²) in [4.78, 5) is 0. The van der Waals surface area contributed by atoms with E-state index in [1.807, 2.05) is 6.08 Å². The molecule has 1 aliphatic rings. The Morgan fingerprint density at radius 3 is 2.00 bits per heavy atom. The van der Waals surface area contributed by atoms with Gasteiger partial charge in [-0.05, 0) is 13.8 Å². The van der Waals surface area contributed by atoms with Crippen molar-refractivity contribution in [1.82, 2.24) is 0 Å². The molecular formula is C8H13NO. The lowest BCUT2D eigenvalue weighted by atomic mass is 9.80. The third kappa shape index (κ3) is 1.00. The summed E-state index contributed by atoms with van der Waals surface area (Å²) in [5.41, 5.74) is 4.22. The van der Waals surface area contributed by atoms with Gasteiger partial charge < -0.3 is 10.8 Å². The summed E-state index contributed by atoms with van der Waals surface area (Å²) < 4.78 is 0. The minimum Gasteiger partial charge on any atom is -0.384 e. The maximum absolute atomic E-state index is 9.64. The molecule has 56 valence electrons. The Hall–Kier alpha value is -0.600. The van der Waals surface area contributed by atoms with Gasteiger partial charge in [-0.1, -0.05) is 24.3 Å². The zero-order valence-corrected chi connectivity index (χ0v) is 6.33. The molecule has 1 aliphatic carbocycles. The molecule has 0 aromatic heterocycles. The van der Waals surface area contributed by atoms with Gasteiger partial charge in [0.25, 0.3) is 0 Å². The number of hydrogen-bond donors (Lipinski definition) is 2. The summed E-state index contributed by atoms with van der Waals surface area (Å²) in [5.74, 6) is 0. The number of rotatable bonds is 0. The van der Waals surface area contributed by atoms with E-state index in [4.69, 9.17) is 5.73 Å². The second-order valence-electron chi connectivity index (χ2n) is 3.15. The molecule has 0 saturated carbocycles. The van der Waals surface area contributed by atoms with Crippen LogP contribution in [-0.4, -0.2) is 16.2 Å². The highest BCUT2D eigenvalue weighted by Gasteiger charge is 2.36. The Balaban J connectivity index is 2.96. The molecule has 0 bridgehead atoms. The predicted molar refractivity (Wildman–Crippen MR) is 41.5 cm³/mol. The normalized spacial score (nSPS) is 46.0. The van der Waals surface area contributed by atoms with Crippen LogP contribution in [0.3, 0.4) is 0 Å². The first-order valence-electron chi connectivity index (χ1n) is 3.34. The van der Waals surface area contributed by atoms with Crippen LogP contribution in [0.25, 0.3) is 0 Å². The third-order valence-electron chi connectivity index (χ3n) is 2.06. The molecular weight excluding hydrogens is 126 g/mol. The van der Waals surface area contributed by atoms with Crippen molar-refractivity contribution in [2.75, 3.05) is 0 Å². The highest BCUT2D eigenvalue weighted by atomic mass is 16.3. The number of nitrogens with two attached hydrogens (primary N) is 1. The van der Waals surface area contributed by atoms with Gasteiger partial charge in [-0.2, -0.15) is 0 Å². The molecule has 0 aliphatic heterocycles. The lowest BCUT2D eigenvalue weighted by molar-refractivity contribution is 0.0550. The molecule has 0 saturated heterocycles. The van der Waals surface area contributed by atoms with Gasteiger partial charge in [0.2, 0.25) is 0 Å². The van der Waals surface area contributed by atoms with E-state index in [1.54, 1.807) is 32.1 Å². The van der Waals surface area contributed by atoms with E-state index in [0.717, 1.165) is 0 Å². The number of allylic oxidation sites excluding steroid dienone is 2. The first-order valence-corrected chi connectivity index (χ1v) is 3.34. The Morgan fingerprint density at radius 1 is 1.20 bits per heavy atom. The maximum Gasteiger partial charge on any atom is 0.101 e. The Bertz CT molecular complexity index is 167. The van der Waals surface area contributed by atoms with Gasteiger partial charge in [0.05, 0.1) is 5.54 Å². The molecule has 3 N–H and O–H groups in total. The van der Waals surface area contributed by atoms with Gasteiger partial charge in [0.15, 0.2) is 0 Å². The van der Waals surface area contributed by atoms with Gasteiger partial charge in [-0.3, -0.25) is 0 Å². The average Bonchev–Trinajstić information content (AvgIpc) is 1.77. The molecule has 0 aromatic carbocycles. The van der Waals surface area contributed by atoms with Crippen molar-refractivity contribution in [3.8, 4) is 0 Å². The van der Waals surface area contributed by atoms with Crippen molar-refractivity contribution in [2.45, 2.75) is 25.0 Å². The molecule has 1 rings (SSSR count). The van der Waals surface area contributed by atoms with Gasteiger partial charge in [0, 0.05) is 0 Å². The van der Waals surface area contributed by atoms with Crippen molar-refractivity contribution in [1.29, 1.82) is 0 Å². The van der Waals surface area contributed by atoms with Crippen LogP contribution in [0, 0.1) is 0 Å². The molecule has 0 amide bonds. The number of aliphatic hydroxyl groups is 1. The average molecular weight is 139 g/mol. The lowest BCUT2D eigenvalue weighted by Crippen LogP contribution is -2.55. The smallest absolute Gasteiger partial charge is 0.101 e. The summed E-state index contributed by atoms with van der Waals surface area (Å²) in [6.07, 6.45) is 7.15. The molecule has 2 nitrogen and oxygen atoms in total. The van der Waals surface area contributed by atoms with Gasteiger partial charge in [0.1, 0.15) is 5.60 Å². The van der Waals surface area contributed by atoms with Gasteiger partial charge >= 0.3 is 0 Å². The van der Waals surface area contributed by atoms with Gasteiger partial charge in [-0.15, -0.1) is 0 Å². The van der Waals surface area contributed by atoms with Crippen molar-refractivity contribution >= 4 is 0 Å². The van der Waals surface area contributed by atoms with Crippen LogP contribution in [0.4, 0.5) is 0 Å². The van der Waals surface area contributed by atoms with Crippen LogP contribution >= 0.6 is 0 Å². The van der Waals surface area contributed by atoms with Crippen LogP contribution in [0.2, 0.25) is 0 Å². The lowest BCUT2D eigenvalue weighted by Gasteiger charge is -2.36. The molecule has 2 atom stereocenters. The van der Waals surface area contributed by atoms with E-state index in [0.29, 0.717) is 0 Å². The van der Waals surface area contributed by atoms with Crippen molar-refractivity contribution in [2.24, 2.45) is 5.73 Å². The Kier molecular flexibility index (Phi) is 1.46. The minimum atomic E-state index is -0.915. The summed E-state index contributed by atoms with van der Waals surface area (Å²) in [7, 11) is 0. The molecule has 10 heavy (non-hydrogen) atoms. The first kappa shape index (κ1) is 7.51. The third-order valence-corrected chi connectivity index (χ3v) is 2.06. The molecule has 2 heteroatoms. The second kappa shape index (κ2) is 1.94. The molecule has 0 aromatic rings. The zero-order valence-electron chi connectivity index (χ0n) is 6.33. The predicted octanol–water partition coefficient (Wildman–Crippen LogP) is 0.581. The quantitative estimate of drug-likeness (QED) is 0.515. The van der Waals surface area contributed by atoms with Crippen LogP contribution in [0.5, 0.6) is 0 Å². The zero-order chi connectivity index (χ0) is 7.83. The fraction of sp³-hybridized carbons (Fsp3) is 0.500. The van der Waals surface area contributed by atoms with Crippen LogP contribution in [0.15, 0.2) is 24.3 Å². The Labute approximate surface area is 61.0 Å². The molecule has 0 heterocycles. The maximum atomic E-state index is 9.64. The summed E-state index contributed by atoms with van der Waals surface area (Å²) in [6.45, 7) is 3.50. The largest absolute Gasteiger partial charge is 0.384 e. The number of hydrogen-bond acceptors (Lipinski definition) is 2. The highest BCUT2D eigenvalue weighted by molar-refractivity contribution is 5.28. The van der Waals surface area contributed by atoms with Crippen LogP contribution in [-0.2, 0) is 0 Å². The van der Waals surface area contributed by atoms with E-state index in [2.05, 4.69) is 0 Å². The summed E-state index contributed by atoms with van der Waals surface area (Å²) in [6, 6.07) is 0. The SMILES string of the molecule is CC1(N)C=CC=CC1(C)O. The molecule has 2 unspecified atom stereocenters. The first-order chi connectivity index (χ1) is 4.46. The topological polar surface area (TPSA) is 46.2 Å². The Morgan fingerprint density at radius 2 is 1.70 bits per heavy atom. The van der Waals surface area contributed by atoms with E-state index in [9.17, 15) is 5.11 Å². The van der Waals surface area contributed by atoms with Crippen molar-refractivity contribution in [3.63, 3.8) is 0 Å². The molecule has 0 radical (unpaired) electrons. The van der Waals surface area contributed by atoms with Crippen LogP contribution in [0.1, 0.15) is 13.8 Å². The van der Waals surface area contributed by atoms with Crippen molar-refractivity contribution < 1.29 is 5.11 Å². The summed E-state index contributed by atoms with van der Waals surface area (Å²) in [5, 5.41) is 9.64. The standard InChI is InChI=1S/C8H13NO/c1-7(9)5-3-4-6-8(7,2)10/h3-6,10H,9H2,1-2H3. The monoisotopic (exact) mass is 139 g/mol. The minimum absolute atomic E-state index is 0.637. The summed E-state index contributed by atoms with van der Waals surface area (Å²) >= 11 is 0. The molecule has 0 fully saturated rings. The van der Waals surface area contributed by atoms with E-state index in [-0.39, 0.29) is 0 Å². The van der Waals surface area contributed by atoms with E-state index < -0.39 is 11.1 Å². The van der Waals surface area contributed by atoms with E-state index >= 15 is 0 Å². The van der Waals surface area contributed by atoms with Crippen molar-refractivity contribution in [3.05, 3.63) is 24.3 Å². The van der Waals surface area contributed by atoms with Crippen LogP contribution < -0.4 is 5.73 Å². The fourth-order valence-corrected chi connectivity index (χ4v) is 0.847. The van der Waals surface area contributed by atoms with Gasteiger partial charge in [-0.25, -0.2) is 0 Å². The second-order valence-corrected chi connectivity index (χ2v) is 3.15. The highest BCUT2D eigenvalue weighted by Crippen LogP contribution is 2.25.